The van der Waals surface area contributed by atoms with Crippen molar-refractivity contribution in [2.45, 2.75) is 49.5 Å². The van der Waals surface area contributed by atoms with Crippen molar-refractivity contribution in [3.05, 3.63) is 30.3 Å². The molecule has 0 bridgehead atoms. The molecule has 1 amide bonds. The number of carbonyl (C=O) groups is 1. The van der Waals surface area contributed by atoms with Gasteiger partial charge in [0.15, 0.2) is 9.84 Å². The Morgan fingerprint density at radius 3 is 2.25 bits per heavy atom. The van der Waals surface area contributed by atoms with Crippen LogP contribution in [0.4, 0.5) is 0 Å². The molecule has 1 heterocycles. The van der Waals surface area contributed by atoms with Gasteiger partial charge in [-0.2, -0.15) is 0 Å². The molecule has 1 spiro atoms. The normalized spacial score (nSPS) is 26.2. The number of piperidine rings is 1. The number of nitrogens with zero attached hydrogens (tertiary/aromatic N) is 1. The molecule has 1 atom stereocenters. The van der Waals surface area contributed by atoms with Gasteiger partial charge in [0.05, 0.1) is 16.2 Å². The van der Waals surface area contributed by atoms with Gasteiger partial charge >= 0.3 is 0 Å². The van der Waals surface area contributed by atoms with Gasteiger partial charge in [-0.15, -0.1) is 0 Å². The predicted octanol–water partition coefficient (Wildman–Crippen LogP) is 2.00. The summed E-state index contributed by atoms with van der Waals surface area (Å²) in [6, 6.07) is 8.25. The lowest BCUT2D eigenvalue weighted by molar-refractivity contribution is -0.180. The van der Waals surface area contributed by atoms with Gasteiger partial charge in [0.1, 0.15) is 0 Å². The molecule has 1 saturated carbocycles. The SMILES string of the molecule is CC1(O)CCC12CCN(C(=O)CCS(=O)(=O)c1ccccc1)CC2. The first-order chi connectivity index (χ1) is 11.3. The van der Waals surface area contributed by atoms with Crippen LogP contribution >= 0.6 is 0 Å². The van der Waals surface area contributed by atoms with Crippen LogP contribution in [0, 0.1) is 5.41 Å². The highest BCUT2D eigenvalue weighted by atomic mass is 32.2. The number of rotatable bonds is 4. The first-order valence-electron chi connectivity index (χ1n) is 8.54. The summed E-state index contributed by atoms with van der Waals surface area (Å²) < 4.78 is 24.5. The van der Waals surface area contributed by atoms with Crippen molar-refractivity contribution in [2.75, 3.05) is 18.8 Å². The maximum absolute atomic E-state index is 12.4. The van der Waals surface area contributed by atoms with Gasteiger partial charge in [-0.25, -0.2) is 8.42 Å². The predicted molar refractivity (Wildman–Crippen MR) is 91.2 cm³/mol. The Balaban J connectivity index is 1.54. The minimum Gasteiger partial charge on any atom is -0.390 e. The number of amides is 1. The summed E-state index contributed by atoms with van der Waals surface area (Å²) in [4.78, 5) is 14.4. The molecule has 0 radical (unpaired) electrons. The zero-order chi connectivity index (χ0) is 17.4. The highest BCUT2D eigenvalue weighted by molar-refractivity contribution is 7.91. The van der Waals surface area contributed by atoms with Crippen LogP contribution in [0.2, 0.25) is 0 Å². The zero-order valence-corrected chi connectivity index (χ0v) is 14.9. The Morgan fingerprint density at radius 2 is 1.75 bits per heavy atom. The number of hydrogen-bond acceptors (Lipinski definition) is 4. The lowest BCUT2D eigenvalue weighted by atomic mass is 9.53. The Morgan fingerprint density at radius 1 is 1.12 bits per heavy atom. The maximum atomic E-state index is 12.4. The van der Waals surface area contributed by atoms with E-state index in [1.807, 2.05) is 6.92 Å². The fraction of sp³-hybridized carbons (Fsp3) is 0.611. The first-order valence-corrected chi connectivity index (χ1v) is 10.2. The molecule has 1 N–H and O–H groups in total. The molecule has 1 aliphatic carbocycles. The van der Waals surface area contributed by atoms with Crippen LogP contribution in [-0.4, -0.2) is 48.8 Å². The molecule has 1 unspecified atom stereocenters. The van der Waals surface area contributed by atoms with Crippen molar-refractivity contribution < 1.29 is 18.3 Å². The van der Waals surface area contributed by atoms with Crippen LogP contribution in [0.15, 0.2) is 35.2 Å². The van der Waals surface area contributed by atoms with E-state index < -0.39 is 15.4 Å². The van der Waals surface area contributed by atoms with Crippen molar-refractivity contribution in [1.29, 1.82) is 0 Å². The molecule has 132 valence electrons. The summed E-state index contributed by atoms with van der Waals surface area (Å²) >= 11 is 0. The van der Waals surface area contributed by atoms with Crippen molar-refractivity contribution in [3.63, 3.8) is 0 Å². The monoisotopic (exact) mass is 351 g/mol. The van der Waals surface area contributed by atoms with E-state index in [0.717, 1.165) is 25.7 Å². The quantitative estimate of drug-likeness (QED) is 0.900. The average Bonchev–Trinajstić information content (AvgIpc) is 2.59. The summed E-state index contributed by atoms with van der Waals surface area (Å²) in [6.07, 6.45) is 3.47. The first kappa shape index (κ1) is 17.4. The van der Waals surface area contributed by atoms with Gasteiger partial charge < -0.3 is 10.0 Å². The fourth-order valence-corrected chi connectivity index (χ4v) is 5.19. The van der Waals surface area contributed by atoms with E-state index in [2.05, 4.69) is 0 Å². The maximum Gasteiger partial charge on any atom is 0.223 e. The number of carbonyl (C=O) groups excluding carboxylic acids is 1. The van der Waals surface area contributed by atoms with Gasteiger partial charge in [-0.3, -0.25) is 4.79 Å². The van der Waals surface area contributed by atoms with Crippen molar-refractivity contribution in [3.8, 4) is 0 Å². The van der Waals surface area contributed by atoms with Crippen LogP contribution in [0.25, 0.3) is 0 Å². The van der Waals surface area contributed by atoms with E-state index >= 15 is 0 Å². The topological polar surface area (TPSA) is 74.7 Å². The van der Waals surface area contributed by atoms with Crippen LogP contribution in [0.3, 0.4) is 0 Å². The summed E-state index contributed by atoms with van der Waals surface area (Å²) in [7, 11) is -3.42. The van der Waals surface area contributed by atoms with Crippen molar-refractivity contribution in [1.82, 2.24) is 4.90 Å². The Labute approximate surface area is 143 Å². The number of benzene rings is 1. The summed E-state index contributed by atoms with van der Waals surface area (Å²) in [5.74, 6) is -0.266. The standard InChI is InChI=1S/C18H25NO4S/c1-17(21)8-9-18(17)10-12-19(13-11-18)16(20)7-14-24(22,23)15-5-3-2-4-6-15/h2-6,21H,7-14H2,1H3. The van der Waals surface area contributed by atoms with Crippen LogP contribution in [0.1, 0.15) is 39.0 Å². The molecule has 3 rings (SSSR count). The van der Waals surface area contributed by atoms with Crippen LogP contribution in [-0.2, 0) is 14.6 Å². The van der Waals surface area contributed by atoms with Crippen LogP contribution in [0.5, 0.6) is 0 Å². The molecule has 6 heteroatoms. The molecule has 5 nitrogen and oxygen atoms in total. The molecule has 0 aromatic heterocycles. The van der Waals surface area contributed by atoms with Gasteiger partial charge in [-0.05, 0) is 44.7 Å². The second-order valence-corrected chi connectivity index (χ2v) is 9.43. The van der Waals surface area contributed by atoms with E-state index in [0.29, 0.717) is 13.1 Å². The van der Waals surface area contributed by atoms with E-state index in [-0.39, 0.29) is 28.4 Å². The van der Waals surface area contributed by atoms with Crippen molar-refractivity contribution in [2.24, 2.45) is 5.41 Å². The van der Waals surface area contributed by atoms with Crippen LogP contribution < -0.4 is 0 Å². The van der Waals surface area contributed by atoms with Gasteiger partial charge in [0.2, 0.25) is 5.91 Å². The molecule has 24 heavy (non-hydrogen) atoms. The third-order valence-electron chi connectivity index (χ3n) is 5.99. The number of aliphatic hydroxyl groups is 1. The number of hydrogen-bond donors (Lipinski definition) is 1. The second kappa shape index (κ2) is 6.15. The highest BCUT2D eigenvalue weighted by Gasteiger charge is 2.55. The smallest absolute Gasteiger partial charge is 0.223 e. The largest absolute Gasteiger partial charge is 0.390 e. The van der Waals surface area contributed by atoms with Crippen molar-refractivity contribution >= 4 is 15.7 Å². The zero-order valence-electron chi connectivity index (χ0n) is 14.1. The average molecular weight is 351 g/mol. The van der Waals surface area contributed by atoms with E-state index in [1.165, 1.54) is 0 Å². The molecule has 1 saturated heterocycles. The third-order valence-corrected chi connectivity index (χ3v) is 7.73. The molecule has 1 aromatic rings. The van der Waals surface area contributed by atoms with E-state index in [1.54, 1.807) is 35.2 Å². The molecule has 2 aliphatic rings. The minimum atomic E-state index is -3.42. The summed E-state index contributed by atoms with van der Waals surface area (Å²) in [5.41, 5.74) is -0.654. The fourth-order valence-electron chi connectivity index (χ4n) is 3.94. The van der Waals surface area contributed by atoms with Gasteiger partial charge in [0, 0.05) is 24.9 Å². The lowest BCUT2D eigenvalue weighted by Crippen LogP contribution is -2.60. The molecular formula is C18H25NO4S. The summed E-state index contributed by atoms with van der Waals surface area (Å²) in [6.45, 7) is 3.11. The molecule has 1 aromatic carbocycles. The second-order valence-electron chi connectivity index (χ2n) is 7.32. The van der Waals surface area contributed by atoms with E-state index in [9.17, 15) is 18.3 Å². The number of likely N-dealkylation sites (tertiary alicyclic amines) is 1. The highest BCUT2D eigenvalue weighted by Crippen LogP contribution is 2.56. The summed E-state index contributed by atoms with van der Waals surface area (Å²) in [5, 5.41) is 10.4. The Hall–Kier alpha value is -1.40. The minimum absolute atomic E-state index is 0.0145. The molecule has 2 fully saturated rings. The third kappa shape index (κ3) is 3.09. The van der Waals surface area contributed by atoms with Gasteiger partial charge in [-0.1, -0.05) is 18.2 Å². The van der Waals surface area contributed by atoms with Gasteiger partial charge in [0.25, 0.3) is 0 Å². The Bertz CT molecular complexity index is 704. The molecule has 1 aliphatic heterocycles. The number of sulfone groups is 1. The van der Waals surface area contributed by atoms with E-state index in [4.69, 9.17) is 0 Å². The molecular weight excluding hydrogens is 326 g/mol. The lowest BCUT2D eigenvalue weighted by Gasteiger charge is -2.58. The Kier molecular flexibility index (Phi) is 4.47.